The van der Waals surface area contributed by atoms with E-state index in [0.29, 0.717) is 17.6 Å². The Balaban J connectivity index is 1.48. The molecule has 6 nitrogen and oxygen atoms in total. The van der Waals surface area contributed by atoms with Gasteiger partial charge in [0.2, 0.25) is 0 Å². The minimum Gasteiger partial charge on any atom is -0.460 e. The summed E-state index contributed by atoms with van der Waals surface area (Å²) in [5.74, 6) is 1.32. The number of carbonyl (C=O) groups is 2. The first-order valence-corrected chi connectivity index (χ1v) is 6.87. The number of amides is 2. The summed E-state index contributed by atoms with van der Waals surface area (Å²) in [6, 6.07) is 3.89. The van der Waals surface area contributed by atoms with E-state index in [1.54, 1.807) is 6.07 Å². The molecule has 0 aliphatic heterocycles. The monoisotopic (exact) mass is 275 g/mol. The molecule has 1 aromatic heterocycles. The standard InChI is InChI=1S/C14H17N3O3/c1-8-6-11(8)12-5-4-10(20-12)7-15-17-14(19)13(18)16-9-2-3-9/h4-5,7-9,11H,2-3,6H2,1H3,(H,16,18)(H,17,19)/b15-7-/t8-,11+/m0/s1. The van der Waals surface area contributed by atoms with Gasteiger partial charge in [-0.1, -0.05) is 6.92 Å². The number of furan rings is 1. The quantitative estimate of drug-likeness (QED) is 0.491. The summed E-state index contributed by atoms with van der Waals surface area (Å²) in [4.78, 5) is 22.7. The molecular formula is C14H17N3O3. The number of nitrogens with zero attached hydrogens (tertiary/aromatic N) is 1. The molecule has 2 atom stereocenters. The second-order valence-electron chi connectivity index (χ2n) is 5.51. The van der Waals surface area contributed by atoms with Crippen molar-refractivity contribution in [3.8, 4) is 0 Å². The highest BCUT2D eigenvalue weighted by molar-refractivity contribution is 6.35. The van der Waals surface area contributed by atoms with Crippen LogP contribution in [0.25, 0.3) is 0 Å². The molecule has 1 heterocycles. The minimum absolute atomic E-state index is 0.158. The molecule has 0 bridgehead atoms. The molecule has 3 rings (SSSR count). The smallest absolute Gasteiger partial charge is 0.329 e. The van der Waals surface area contributed by atoms with E-state index >= 15 is 0 Å². The van der Waals surface area contributed by atoms with E-state index in [1.165, 1.54) is 6.21 Å². The second kappa shape index (κ2) is 5.11. The van der Waals surface area contributed by atoms with Crippen molar-refractivity contribution in [1.82, 2.24) is 10.7 Å². The Morgan fingerprint density at radius 3 is 2.75 bits per heavy atom. The average molecular weight is 275 g/mol. The predicted molar refractivity (Wildman–Crippen MR) is 72.1 cm³/mol. The van der Waals surface area contributed by atoms with Gasteiger partial charge in [-0.25, -0.2) is 5.43 Å². The van der Waals surface area contributed by atoms with Gasteiger partial charge in [-0.2, -0.15) is 5.10 Å². The van der Waals surface area contributed by atoms with Crippen molar-refractivity contribution in [1.29, 1.82) is 0 Å². The Morgan fingerprint density at radius 1 is 1.35 bits per heavy atom. The molecule has 0 spiro atoms. The Labute approximate surface area is 116 Å². The molecule has 2 aliphatic carbocycles. The third kappa shape index (κ3) is 3.07. The summed E-state index contributed by atoms with van der Waals surface area (Å²) >= 11 is 0. The molecule has 0 aromatic carbocycles. The summed E-state index contributed by atoms with van der Waals surface area (Å²) in [5.41, 5.74) is 2.19. The lowest BCUT2D eigenvalue weighted by Crippen LogP contribution is -2.38. The number of hydrogen-bond acceptors (Lipinski definition) is 4. The molecule has 0 radical (unpaired) electrons. The first-order chi connectivity index (χ1) is 9.63. The predicted octanol–water partition coefficient (Wildman–Crippen LogP) is 1.13. The molecule has 0 saturated heterocycles. The first-order valence-electron chi connectivity index (χ1n) is 6.87. The average Bonchev–Trinajstić information content (AvgIpc) is 3.32. The van der Waals surface area contributed by atoms with Gasteiger partial charge in [0, 0.05) is 12.0 Å². The summed E-state index contributed by atoms with van der Waals surface area (Å²) in [6.45, 7) is 2.18. The van der Waals surface area contributed by atoms with Gasteiger partial charge < -0.3 is 9.73 Å². The van der Waals surface area contributed by atoms with Crippen LogP contribution in [0.4, 0.5) is 0 Å². The molecule has 0 unspecified atom stereocenters. The Kier molecular flexibility index (Phi) is 3.30. The highest BCUT2D eigenvalue weighted by Crippen LogP contribution is 2.47. The molecule has 2 amide bonds. The fourth-order valence-electron chi connectivity index (χ4n) is 2.04. The van der Waals surface area contributed by atoms with Crippen LogP contribution >= 0.6 is 0 Å². The van der Waals surface area contributed by atoms with Crippen LogP contribution in [-0.2, 0) is 9.59 Å². The third-order valence-electron chi connectivity index (χ3n) is 3.60. The van der Waals surface area contributed by atoms with E-state index in [1.807, 2.05) is 6.07 Å². The van der Waals surface area contributed by atoms with Crippen LogP contribution in [0.1, 0.15) is 43.6 Å². The Hall–Kier alpha value is -2.11. The van der Waals surface area contributed by atoms with Gasteiger partial charge in [-0.05, 0) is 37.3 Å². The van der Waals surface area contributed by atoms with Gasteiger partial charge >= 0.3 is 11.8 Å². The number of nitrogens with one attached hydrogen (secondary N) is 2. The minimum atomic E-state index is -0.754. The van der Waals surface area contributed by atoms with Crippen molar-refractivity contribution in [3.63, 3.8) is 0 Å². The number of carbonyl (C=O) groups excluding carboxylic acids is 2. The highest BCUT2D eigenvalue weighted by atomic mass is 16.3. The van der Waals surface area contributed by atoms with Crippen molar-refractivity contribution >= 4 is 18.0 Å². The topological polar surface area (TPSA) is 83.7 Å². The summed E-state index contributed by atoms with van der Waals surface area (Å²) < 4.78 is 5.59. The first kappa shape index (κ1) is 12.9. The van der Waals surface area contributed by atoms with Crippen molar-refractivity contribution in [3.05, 3.63) is 23.7 Å². The molecule has 106 valence electrons. The van der Waals surface area contributed by atoms with Crippen LogP contribution in [0.15, 0.2) is 21.7 Å². The third-order valence-corrected chi connectivity index (χ3v) is 3.60. The van der Waals surface area contributed by atoms with Gasteiger partial charge in [-0.3, -0.25) is 9.59 Å². The van der Waals surface area contributed by atoms with Crippen LogP contribution in [0.5, 0.6) is 0 Å². The summed E-state index contributed by atoms with van der Waals surface area (Å²) in [5, 5.41) is 6.31. The highest BCUT2D eigenvalue weighted by Gasteiger charge is 2.36. The maximum Gasteiger partial charge on any atom is 0.329 e. The van der Waals surface area contributed by atoms with E-state index in [0.717, 1.165) is 25.0 Å². The Bertz CT molecular complexity index is 560. The molecule has 2 fully saturated rings. The number of hydrogen-bond donors (Lipinski definition) is 2. The van der Waals surface area contributed by atoms with Crippen LogP contribution in [0, 0.1) is 5.92 Å². The second-order valence-corrected chi connectivity index (χ2v) is 5.51. The van der Waals surface area contributed by atoms with Gasteiger partial charge in [0.25, 0.3) is 0 Å². The van der Waals surface area contributed by atoms with Gasteiger partial charge in [0.1, 0.15) is 11.5 Å². The van der Waals surface area contributed by atoms with Crippen LogP contribution in [0.2, 0.25) is 0 Å². The summed E-state index contributed by atoms with van der Waals surface area (Å²) in [6.07, 6.45) is 4.44. The molecule has 1 aromatic rings. The Morgan fingerprint density at radius 2 is 2.10 bits per heavy atom. The maximum absolute atomic E-state index is 11.4. The maximum atomic E-state index is 11.4. The fraction of sp³-hybridized carbons (Fsp3) is 0.500. The lowest BCUT2D eigenvalue weighted by atomic mass is 10.3. The van der Waals surface area contributed by atoms with Crippen molar-refractivity contribution in [2.24, 2.45) is 11.0 Å². The van der Waals surface area contributed by atoms with E-state index in [2.05, 4.69) is 22.8 Å². The molecule has 2 aliphatic rings. The molecular weight excluding hydrogens is 258 g/mol. The largest absolute Gasteiger partial charge is 0.460 e. The zero-order valence-electron chi connectivity index (χ0n) is 11.3. The van der Waals surface area contributed by atoms with Crippen LogP contribution < -0.4 is 10.7 Å². The van der Waals surface area contributed by atoms with Gasteiger partial charge in [0.05, 0.1) is 6.21 Å². The van der Waals surface area contributed by atoms with E-state index in [9.17, 15) is 9.59 Å². The fourth-order valence-corrected chi connectivity index (χ4v) is 2.04. The number of rotatable bonds is 4. The van der Waals surface area contributed by atoms with E-state index < -0.39 is 11.8 Å². The number of hydrazone groups is 1. The van der Waals surface area contributed by atoms with E-state index in [-0.39, 0.29) is 6.04 Å². The van der Waals surface area contributed by atoms with Gasteiger partial charge in [-0.15, -0.1) is 0 Å². The molecule has 2 N–H and O–H groups in total. The molecule has 2 saturated carbocycles. The summed E-state index contributed by atoms with van der Waals surface area (Å²) in [7, 11) is 0. The normalized spacial score (nSPS) is 24.6. The van der Waals surface area contributed by atoms with E-state index in [4.69, 9.17) is 4.42 Å². The van der Waals surface area contributed by atoms with Crippen molar-refractivity contribution < 1.29 is 14.0 Å². The molecule has 6 heteroatoms. The zero-order chi connectivity index (χ0) is 14.1. The van der Waals surface area contributed by atoms with Crippen molar-refractivity contribution in [2.75, 3.05) is 0 Å². The van der Waals surface area contributed by atoms with Crippen molar-refractivity contribution in [2.45, 2.75) is 38.1 Å². The molecule has 20 heavy (non-hydrogen) atoms. The zero-order valence-corrected chi connectivity index (χ0v) is 11.3. The van der Waals surface area contributed by atoms with Gasteiger partial charge in [0.15, 0.2) is 0 Å². The van der Waals surface area contributed by atoms with Crippen LogP contribution in [0.3, 0.4) is 0 Å². The lowest BCUT2D eigenvalue weighted by molar-refractivity contribution is -0.139. The lowest BCUT2D eigenvalue weighted by Gasteiger charge is -2.00. The SMILES string of the molecule is C[C@H]1C[C@H]1c1ccc(/C=N\NC(=O)C(=O)NC2CC2)o1. The van der Waals surface area contributed by atoms with Crippen LogP contribution in [-0.4, -0.2) is 24.1 Å².